The van der Waals surface area contributed by atoms with Crippen LogP contribution in [-0.2, 0) is 21.4 Å². The van der Waals surface area contributed by atoms with E-state index in [2.05, 4.69) is 15.5 Å². The van der Waals surface area contributed by atoms with E-state index >= 15 is 0 Å². The van der Waals surface area contributed by atoms with Crippen LogP contribution in [0.4, 0.5) is 0 Å². The molecule has 9 heteroatoms. The maximum atomic E-state index is 12.6. The fraction of sp³-hybridized carbons (Fsp3) is 0.250. The third-order valence-electron chi connectivity index (χ3n) is 4.39. The Bertz CT molecular complexity index is 1110. The molecule has 0 aliphatic rings. The highest BCUT2D eigenvalue weighted by molar-refractivity contribution is 7.89. The molecule has 0 aliphatic heterocycles. The minimum absolute atomic E-state index is 0.0101. The van der Waals surface area contributed by atoms with Crippen molar-refractivity contribution in [1.29, 1.82) is 0 Å². The number of rotatable bonds is 7. The molecule has 1 aromatic heterocycles. The van der Waals surface area contributed by atoms with E-state index in [1.807, 2.05) is 38.1 Å². The molecule has 0 aliphatic carbocycles. The number of nitrogens with zero attached hydrogens (tertiary/aromatic N) is 3. The van der Waals surface area contributed by atoms with Crippen LogP contribution >= 0.6 is 0 Å². The Balaban J connectivity index is 1.59. The Labute approximate surface area is 169 Å². The summed E-state index contributed by atoms with van der Waals surface area (Å²) in [5.74, 6) is 0.200. The van der Waals surface area contributed by atoms with E-state index in [4.69, 9.17) is 4.52 Å². The van der Waals surface area contributed by atoms with E-state index in [1.54, 1.807) is 12.1 Å². The SMILES string of the molecule is Cc1ccc(S(=O)(=O)N(C)CC(=O)NCc2nc(-c3ccccc3C)no2)cc1. The topological polar surface area (TPSA) is 105 Å². The molecule has 29 heavy (non-hydrogen) atoms. The van der Waals surface area contributed by atoms with Crippen molar-refractivity contribution in [3.63, 3.8) is 0 Å². The van der Waals surface area contributed by atoms with Crippen molar-refractivity contribution in [3.8, 4) is 11.4 Å². The maximum Gasteiger partial charge on any atom is 0.246 e. The fourth-order valence-corrected chi connectivity index (χ4v) is 3.79. The van der Waals surface area contributed by atoms with E-state index in [0.29, 0.717) is 5.82 Å². The van der Waals surface area contributed by atoms with Gasteiger partial charge in [0.15, 0.2) is 0 Å². The Morgan fingerprint density at radius 2 is 1.79 bits per heavy atom. The van der Waals surface area contributed by atoms with Crippen LogP contribution in [0.1, 0.15) is 17.0 Å². The molecule has 2 aromatic carbocycles. The molecule has 0 atom stereocenters. The first-order valence-corrected chi connectivity index (χ1v) is 10.4. The van der Waals surface area contributed by atoms with Crippen molar-refractivity contribution in [1.82, 2.24) is 19.8 Å². The van der Waals surface area contributed by atoms with Gasteiger partial charge in [-0.05, 0) is 31.5 Å². The molecule has 0 spiro atoms. The number of hydrogen-bond donors (Lipinski definition) is 1. The fourth-order valence-electron chi connectivity index (χ4n) is 2.67. The summed E-state index contributed by atoms with van der Waals surface area (Å²) in [6, 6.07) is 14.1. The molecule has 1 amide bonds. The van der Waals surface area contributed by atoms with Gasteiger partial charge in [0.25, 0.3) is 0 Å². The van der Waals surface area contributed by atoms with Gasteiger partial charge in [0.05, 0.1) is 18.0 Å². The number of sulfonamides is 1. The summed E-state index contributed by atoms with van der Waals surface area (Å²) < 4.78 is 31.3. The highest BCUT2D eigenvalue weighted by Crippen LogP contribution is 2.19. The summed E-state index contributed by atoms with van der Waals surface area (Å²) in [7, 11) is -2.39. The molecular weight excluding hydrogens is 392 g/mol. The van der Waals surface area contributed by atoms with Gasteiger partial charge in [-0.2, -0.15) is 9.29 Å². The average molecular weight is 414 g/mol. The summed E-state index contributed by atoms with van der Waals surface area (Å²) in [5, 5.41) is 6.53. The summed E-state index contributed by atoms with van der Waals surface area (Å²) >= 11 is 0. The maximum absolute atomic E-state index is 12.6. The lowest BCUT2D eigenvalue weighted by Crippen LogP contribution is -2.38. The lowest BCUT2D eigenvalue weighted by atomic mass is 10.1. The van der Waals surface area contributed by atoms with E-state index in [9.17, 15) is 13.2 Å². The number of aryl methyl sites for hydroxylation is 2. The van der Waals surface area contributed by atoms with Gasteiger partial charge < -0.3 is 9.84 Å². The van der Waals surface area contributed by atoms with Gasteiger partial charge in [-0.15, -0.1) is 0 Å². The Kier molecular flexibility index (Phi) is 6.09. The van der Waals surface area contributed by atoms with Crippen molar-refractivity contribution >= 4 is 15.9 Å². The molecular formula is C20H22N4O4S. The molecule has 3 rings (SSSR count). The van der Waals surface area contributed by atoms with Crippen molar-refractivity contribution in [2.45, 2.75) is 25.3 Å². The normalized spacial score (nSPS) is 11.6. The molecule has 1 heterocycles. The molecule has 0 fully saturated rings. The summed E-state index contributed by atoms with van der Waals surface area (Å²) in [4.78, 5) is 16.6. The van der Waals surface area contributed by atoms with E-state index < -0.39 is 15.9 Å². The number of nitrogens with one attached hydrogen (secondary N) is 1. The Hall–Kier alpha value is -3.04. The number of carbonyl (C=O) groups excluding carboxylic acids is 1. The van der Waals surface area contributed by atoms with Gasteiger partial charge in [-0.25, -0.2) is 8.42 Å². The first-order chi connectivity index (χ1) is 13.8. The molecule has 152 valence electrons. The molecule has 3 aromatic rings. The Morgan fingerprint density at radius 3 is 2.48 bits per heavy atom. The smallest absolute Gasteiger partial charge is 0.246 e. The van der Waals surface area contributed by atoms with Crippen LogP contribution in [0.3, 0.4) is 0 Å². The largest absolute Gasteiger partial charge is 0.346 e. The van der Waals surface area contributed by atoms with Crippen LogP contribution in [0.2, 0.25) is 0 Å². The van der Waals surface area contributed by atoms with Gasteiger partial charge in [-0.1, -0.05) is 47.1 Å². The van der Waals surface area contributed by atoms with Crippen molar-refractivity contribution in [2.24, 2.45) is 0 Å². The standard InChI is InChI=1S/C20H22N4O4S/c1-14-8-10-16(11-9-14)29(26,27)24(3)13-18(25)21-12-19-22-20(23-28-19)17-7-5-4-6-15(17)2/h4-11H,12-13H2,1-3H3,(H,21,25). The van der Waals surface area contributed by atoms with Crippen LogP contribution in [0.25, 0.3) is 11.4 Å². The van der Waals surface area contributed by atoms with Crippen molar-refractivity contribution in [3.05, 3.63) is 65.5 Å². The second kappa shape index (κ2) is 8.54. The van der Waals surface area contributed by atoms with Gasteiger partial charge in [0.2, 0.25) is 27.6 Å². The summed E-state index contributed by atoms with van der Waals surface area (Å²) in [5.41, 5.74) is 2.80. The highest BCUT2D eigenvalue weighted by Gasteiger charge is 2.23. The molecule has 0 bridgehead atoms. The molecule has 0 saturated carbocycles. The predicted molar refractivity (Wildman–Crippen MR) is 107 cm³/mol. The summed E-state index contributed by atoms with van der Waals surface area (Å²) in [6.45, 7) is 3.50. The number of likely N-dealkylation sites (N-methyl/N-ethyl adjacent to an activating group) is 1. The quantitative estimate of drug-likeness (QED) is 0.636. The molecule has 0 unspecified atom stereocenters. The molecule has 0 radical (unpaired) electrons. The third kappa shape index (κ3) is 4.87. The number of aromatic nitrogens is 2. The third-order valence-corrected chi connectivity index (χ3v) is 6.20. The zero-order valence-corrected chi connectivity index (χ0v) is 17.2. The number of carbonyl (C=O) groups is 1. The van der Waals surface area contributed by atoms with Crippen LogP contribution in [-0.4, -0.2) is 42.4 Å². The van der Waals surface area contributed by atoms with Gasteiger partial charge in [0, 0.05) is 12.6 Å². The van der Waals surface area contributed by atoms with Crippen LogP contribution < -0.4 is 5.32 Å². The first kappa shape index (κ1) is 20.7. The first-order valence-electron chi connectivity index (χ1n) is 8.95. The van der Waals surface area contributed by atoms with Gasteiger partial charge >= 0.3 is 0 Å². The lowest BCUT2D eigenvalue weighted by Gasteiger charge is -2.16. The van der Waals surface area contributed by atoms with Crippen LogP contribution in [0, 0.1) is 13.8 Å². The minimum Gasteiger partial charge on any atom is -0.346 e. The van der Waals surface area contributed by atoms with E-state index in [1.165, 1.54) is 19.2 Å². The highest BCUT2D eigenvalue weighted by atomic mass is 32.2. The van der Waals surface area contributed by atoms with Crippen molar-refractivity contribution < 1.29 is 17.7 Å². The van der Waals surface area contributed by atoms with Gasteiger partial charge in [0.1, 0.15) is 0 Å². The molecule has 0 saturated heterocycles. The Morgan fingerprint density at radius 1 is 1.10 bits per heavy atom. The molecule has 1 N–H and O–H groups in total. The van der Waals surface area contributed by atoms with Gasteiger partial charge in [-0.3, -0.25) is 4.79 Å². The lowest BCUT2D eigenvalue weighted by molar-refractivity contribution is -0.121. The van der Waals surface area contributed by atoms with Crippen LogP contribution in [0.5, 0.6) is 0 Å². The number of benzene rings is 2. The van der Waals surface area contributed by atoms with Crippen molar-refractivity contribution in [2.75, 3.05) is 13.6 Å². The summed E-state index contributed by atoms with van der Waals surface area (Å²) in [6.07, 6.45) is 0. The molecule has 8 nitrogen and oxygen atoms in total. The van der Waals surface area contributed by atoms with Crippen LogP contribution in [0.15, 0.2) is 57.9 Å². The zero-order chi connectivity index (χ0) is 21.0. The minimum atomic E-state index is -3.75. The van der Waals surface area contributed by atoms with E-state index in [-0.39, 0.29) is 23.9 Å². The van der Waals surface area contributed by atoms with E-state index in [0.717, 1.165) is 21.0 Å². The number of amides is 1. The average Bonchev–Trinajstić information content (AvgIpc) is 3.16. The zero-order valence-electron chi connectivity index (χ0n) is 16.4. The predicted octanol–water partition coefficient (Wildman–Crippen LogP) is 2.29. The second-order valence-corrected chi connectivity index (χ2v) is 8.72. The number of hydrogen-bond acceptors (Lipinski definition) is 6. The second-order valence-electron chi connectivity index (χ2n) is 6.68. The monoisotopic (exact) mass is 414 g/mol.